The molecule has 0 aliphatic carbocycles. The van der Waals surface area contributed by atoms with E-state index in [4.69, 9.17) is 0 Å². The summed E-state index contributed by atoms with van der Waals surface area (Å²) in [6.45, 7) is 0. The molecule has 0 saturated carbocycles. The molecule has 1 aromatic heterocycles. The third-order valence-corrected chi connectivity index (χ3v) is 3.89. The van der Waals surface area contributed by atoms with Crippen molar-refractivity contribution in [2.45, 2.75) is 6.42 Å². The minimum Gasteiger partial charge on any atom is -0.361 e. The Morgan fingerprint density at radius 3 is 2.86 bits per heavy atom. The molecular formula is C16H12BrFN2O. The normalized spacial score (nSPS) is 10.8. The number of aromatic nitrogens is 1. The van der Waals surface area contributed by atoms with Crippen molar-refractivity contribution < 1.29 is 9.18 Å². The van der Waals surface area contributed by atoms with Crippen molar-refractivity contribution in [3.05, 3.63) is 64.5 Å². The van der Waals surface area contributed by atoms with Crippen LogP contribution in [0.2, 0.25) is 0 Å². The average molecular weight is 347 g/mol. The summed E-state index contributed by atoms with van der Waals surface area (Å²) in [6.07, 6.45) is 2.10. The number of nitrogens with one attached hydrogen (secondary N) is 2. The monoisotopic (exact) mass is 346 g/mol. The van der Waals surface area contributed by atoms with E-state index in [2.05, 4.69) is 26.2 Å². The second-order valence-electron chi connectivity index (χ2n) is 4.71. The lowest BCUT2D eigenvalue weighted by Crippen LogP contribution is -2.14. The Morgan fingerprint density at radius 1 is 1.24 bits per heavy atom. The Balaban J connectivity index is 1.77. The fourth-order valence-corrected chi connectivity index (χ4v) is 2.69. The van der Waals surface area contributed by atoms with Crippen molar-refractivity contribution in [2.24, 2.45) is 0 Å². The van der Waals surface area contributed by atoms with Crippen LogP contribution in [-0.2, 0) is 11.2 Å². The number of amides is 1. The number of carbonyl (C=O) groups is 1. The minimum atomic E-state index is -0.350. The molecule has 0 spiro atoms. The van der Waals surface area contributed by atoms with Crippen LogP contribution in [0.25, 0.3) is 10.9 Å². The second kappa shape index (κ2) is 5.69. The van der Waals surface area contributed by atoms with Gasteiger partial charge in [0, 0.05) is 21.6 Å². The van der Waals surface area contributed by atoms with Gasteiger partial charge in [0.25, 0.3) is 0 Å². The van der Waals surface area contributed by atoms with Crippen molar-refractivity contribution in [1.82, 2.24) is 4.98 Å². The zero-order chi connectivity index (χ0) is 14.8. The van der Waals surface area contributed by atoms with Crippen molar-refractivity contribution >= 4 is 38.4 Å². The molecule has 2 N–H and O–H groups in total. The van der Waals surface area contributed by atoms with Crippen LogP contribution in [0, 0.1) is 5.82 Å². The van der Waals surface area contributed by atoms with Crippen LogP contribution in [-0.4, -0.2) is 10.9 Å². The number of rotatable bonds is 3. The SMILES string of the molecule is O=C(Cc1c[nH]c2ccccc12)Nc1ccc(F)cc1Br. The standard InChI is InChI=1S/C16H12BrFN2O/c17-13-8-11(18)5-6-15(13)20-16(21)7-10-9-19-14-4-2-1-3-12(10)14/h1-6,8-9,19H,7H2,(H,20,21). The van der Waals surface area contributed by atoms with Gasteiger partial charge in [-0.1, -0.05) is 18.2 Å². The number of benzene rings is 2. The minimum absolute atomic E-state index is 0.146. The van der Waals surface area contributed by atoms with Crippen LogP contribution < -0.4 is 5.32 Å². The molecule has 0 aliphatic heterocycles. The van der Waals surface area contributed by atoms with Crippen molar-refractivity contribution in [1.29, 1.82) is 0 Å². The van der Waals surface area contributed by atoms with E-state index in [-0.39, 0.29) is 18.1 Å². The first-order valence-electron chi connectivity index (χ1n) is 6.43. The van der Waals surface area contributed by atoms with Gasteiger partial charge >= 0.3 is 0 Å². The third-order valence-electron chi connectivity index (χ3n) is 3.23. The number of aromatic amines is 1. The smallest absolute Gasteiger partial charge is 0.228 e. The van der Waals surface area contributed by atoms with Gasteiger partial charge < -0.3 is 10.3 Å². The van der Waals surface area contributed by atoms with Crippen molar-refractivity contribution in [3.8, 4) is 0 Å². The molecule has 3 rings (SSSR count). The maximum absolute atomic E-state index is 13.0. The largest absolute Gasteiger partial charge is 0.361 e. The van der Waals surface area contributed by atoms with Crippen LogP contribution >= 0.6 is 15.9 Å². The van der Waals surface area contributed by atoms with E-state index < -0.39 is 0 Å². The van der Waals surface area contributed by atoms with E-state index >= 15 is 0 Å². The van der Waals surface area contributed by atoms with Gasteiger partial charge in [0.2, 0.25) is 5.91 Å². The molecule has 3 aromatic rings. The predicted octanol–water partition coefficient (Wildman–Crippen LogP) is 4.25. The zero-order valence-corrected chi connectivity index (χ0v) is 12.6. The molecule has 0 saturated heterocycles. The van der Waals surface area contributed by atoms with E-state index in [1.165, 1.54) is 18.2 Å². The maximum atomic E-state index is 13.0. The number of fused-ring (bicyclic) bond motifs is 1. The number of halogens is 2. The van der Waals surface area contributed by atoms with E-state index in [9.17, 15) is 9.18 Å². The third kappa shape index (κ3) is 2.97. The van der Waals surface area contributed by atoms with Gasteiger partial charge in [-0.3, -0.25) is 4.79 Å². The van der Waals surface area contributed by atoms with E-state index in [0.717, 1.165) is 16.5 Å². The molecule has 1 heterocycles. The van der Waals surface area contributed by atoms with Crippen LogP contribution in [0.5, 0.6) is 0 Å². The highest BCUT2D eigenvalue weighted by Gasteiger charge is 2.10. The Hall–Kier alpha value is -2.14. The summed E-state index contributed by atoms with van der Waals surface area (Å²) in [5.74, 6) is -0.497. The Morgan fingerprint density at radius 2 is 2.05 bits per heavy atom. The second-order valence-corrected chi connectivity index (χ2v) is 5.56. The molecule has 0 bridgehead atoms. The summed E-state index contributed by atoms with van der Waals surface area (Å²) in [6, 6.07) is 12.0. The van der Waals surface area contributed by atoms with Crippen LogP contribution in [0.4, 0.5) is 10.1 Å². The summed E-state index contributed by atoms with van der Waals surface area (Å²) in [5, 5.41) is 3.81. The highest BCUT2D eigenvalue weighted by atomic mass is 79.9. The van der Waals surface area contributed by atoms with Crippen molar-refractivity contribution in [2.75, 3.05) is 5.32 Å². The van der Waals surface area contributed by atoms with E-state index in [0.29, 0.717) is 10.2 Å². The first-order valence-corrected chi connectivity index (χ1v) is 7.22. The van der Waals surface area contributed by atoms with Gasteiger partial charge in [0.15, 0.2) is 0 Å². The first kappa shape index (κ1) is 13.8. The van der Waals surface area contributed by atoms with Crippen molar-refractivity contribution in [3.63, 3.8) is 0 Å². The number of anilines is 1. The Kier molecular flexibility index (Phi) is 3.75. The highest BCUT2D eigenvalue weighted by Crippen LogP contribution is 2.24. The number of carbonyl (C=O) groups excluding carboxylic acids is 1. The molecule has 2 aromatic carbocycles. The number of para-hydroxylation sites is 1. The van der Waals surface area contributed by atoms with Gasteiger partial charge in [-0.15, -0.1) is 0 Å². The summed E-state index contributed by atoms with van der Waals surface area (Å²) < 4.78 is 13.5. The maximum Gasteiger partial charge on any atom is 0.228 e. The van der Waals surface area contributed by atoms with Gasteiger partial charge in [0.1, 0.15) is 5.82 Å². The summed E-state index contributed by atoms with van der Waals surface area (Å²) in [7, 11) is 0. The van der Waals surface area contributed by atoms with Gasteiger partial charge in [-0.2, -0.15) is 0 Å². The molecule has 21 heavy (non-hydrogen) atoms. The number of hydrogen-bond acceptors (Lipinski definition) is 1. The zero-order valence-electron chi connectivity index (χ0n) is 11.0. The van der Waals surface area contributed by atoms with E-state index in [1.807, 2.05) is 30.5 Å². The Labute approximate surface area is 129 Å². The topological polar surface area (TPSA) is 44.9 Å². The summed E-state index contributed by atoms with van der Waals surface area (Å²) >= 11 is 3.23. The van der Waals surface area contributed by atoms with Crippen LogP contribution in [0.1, 0.15) is 5.56 Å². The van der Waals surface area contributed by atoms with Crippen LogP contribution in [0.15, 0.2) is 53.1 Å². The first-order chi connectivity index (χ1) is 10.1. The molecule has 106 valence electrons. The van der Waals surface area contributed by atoms with E-state index in [1.54, 1.807) is 0 Å². The molecule has 0 aliphatic rings. The summed E-state index contributed by atoms with van der Waals surface area (Å²) in [4.78, 5) is 15.3. The Bertz CT molecular complexity index is 813. The molecule has 0 fully saturated rings. The number of hydrogen-bond donors (Lipinski definition) is 2. The van der Waals surface area contributed by atoms with Gasteiger partial charge in [-0.05, 0) is 45.8 Å². The number of H-pyrrole nitrogens is 1. The predicted molar refractivity (Wildman–Crippen MR) is 84.7 cm³/mol. The molecular weight excluding hydrogens is 335 g/mol. The average Bonchev–Trinajstić information content (AvgIpc) is 2.85. The molecule has 5 heteroatoms. The fourth-order valence-electron chi connectivity index (χ4n) is 2.24. The molecule has 1 amide bonds. The lowest BCUT2D eigenvalue weighted by Gasteiger charge is -2.07. The molecule has 3 nitrogen and oxygen atoms in total. The lowest BCUT2D eigenvalue weighted by molar-refractivity contribution is -0.115. The summed E-state index contributed by atoms with van der Waals surface area (Å²) in [5.41, 5.74) is 2.49. The van der Waals surface area contributed by atoms with Gasteiger partial charge in [-0.25, -0.2) is 4.39 Å². The molecule has 0 unspecified atom stereocenters. The fraction of sp³-hybridized carbons (Fsp3) is 0.0625. The van der Waals surface area contributed by atoms with Crippen LogP contribution in [0.3, 0.4) is 0 Å². The van der Waals surface area contributed by atoms with Gasteiger partial charge in [0.05, 0.1) is 12.1 Å². The molecule has 0 radical (unpaired) electrons. The quantitative estimate of drug-likeness (QED) is 0.731. The molecule has 0 atom stereocenters. The highest BCUT2D eigenvalue weighted by molar-refractivity contribution is 9.10. The lowest BCUT2D eigenvalue weighted by atomic mass is 10.1.